The van der Waals surface area contributed by atoms with Gasteiger partial charge < -0.3 is 15.0 Å². The van der Waals surface area contributed by atoms with E-state index in [1.54, 1.807) is 24.3 Å². The Kier molecular flexibility index (Phi) is 6.77. The molecular weight excluding hydrogens is 464 g/mol. The van der Waals surface area contributed by atoms with Crippen molar-refractivity contribution in [3.8, 4) is 5.75 Å². The number of carbonyl (C=O) groups excluding carboxylic acids is 2. The molecule has 2 atom stereocenters. The normalized spacial score (nSPS) is 18.3. The molecule has 1 aliphatic rings. The first-order chi connectivity index (χ1) is 16.7. The molecule has 1 saturated heterocycles. The molecule has 2 amide bonds. The lowest BCUT2D eigenvalue weighted by Gasteiger charge is -2.41. The molecule has 1 N–H and O–H groups in total. The first kappa shape index (κ1) is 24.3. The van der Waals surface area contributed by atoms with Crippen LogP contribution < -0.4 is 15.0 Å². The van der Waals surface area contributed by atoms with Crippen molar-refractivity contribution in [1.29, 1.82) is 0 Å². The van der Waals surface area contributed by atoms with Crippen molar-refractivity contribution in [1.82, 2.24) is 0 Å². The van der Waals surface area contributed by atoms with Gasteiger partial charge in [-0.15, -0.1) is 0 Å². The van der Waals surface area contributed by atoms with E-state index in [0.717, 1.165) is 12.1 Å². The fourth-order valence-corrected chi connectivity index (χ4v) is 4.26. The largest absolute Gasteiger partial charge is 0.497 e. The summed E-state index contributed by atoms with van der Waals surface area (Å²) < 4.78 is 58.2. The Morgan fingerprint density at radius 2 is 1.71 bits per heavy atom. The maximum Gasteiger partial charge on any atom is 0.416 e. The molecule has 5 nitrogen and oxygen atoms in total. The molecule has 35 heavy (non-hydrogen) atoms. The second-order valence-electron chi connectivity index (χ2n) is 8.17. The molecule has 9 heteroatoms. The Labute approximate surface area is 199 Å². The predicted octanol–water partition coefficient (Wildman–Crippen LogP) is 5.98. The fraction of sp³-hybridized carbons (Fsp3) is 0.231. The zero-order valence-electron chi connectivity index (χ0n) is 18.7. The summed E-state index contributed by atoms with van der Waals surface area (Å²) in [6, 6.07) is 15.8. The standard InChI is InChI=1S/C26H22F4N2O3/c1-35-21-11-9-20(10-12-21)32-23(33)14-13-22(24(32)16-5-7-18(27)8-6-16)25(34)31-19-4-2-3-17(15-19)26(28,29)30/h2-12,15,22,24H,13-14H2,1H3,(H,31,34)/t22-,24+/m1/s1. The summed E-state index contributed by atoms with van der Waals surface area (Å²) in [5.74, 6) is -1.46. The van der Waals surface area contributed by atoms with Gasteiger partial charge in [0.2, 0.25) is 11.8 Å². The van der Waals surface area contributed by atoms with Gasteiger partial charge in [-0.25, -0.2) is 4.39 Å². The van der Waals surface area contributed by atoms with Crippen LogP contribution in [-0.4, -0.2) is 18.9 Å². The molecular formula is C26H22F4N2O3. The third-order valence-electron chi connectivity index (χ3n) is 5.95. The first-order valence-corrected chi connectivity index (χ1v) is 10.9. The molecule has 1 heterocycles. The van der Waals surface area contributed by atoms with E-state index in [2.05, 4.69) is 5.32 Å². The van der Waals surface area contributed by atoms with Crippen molar-refractivity contribution in [2.24, 2.45) is 5.92 Å². The van der Waals surface area contributed by atoms with E-state index < -0.39 is 35.4 Å². The maximum atomic E-state index is 13.6. The van der Waals surface area contributed by atoms with Crippen LogP contribution in [0.5, 0.6) is 5.75 Å². The molecule has 3 aromatic carbocycles. The van der Waals surface area contributed by atoms with Gasteiger partial charge in [-0.2, -0.15) is 13.2 Å². The number of alkyl halides is 3. The van der Waals surface area contributed by atoms with Crippen LogP contribution in [0.4, 0.5) is 28.9 Å². The van der Waals surface area contributed by atoms with Gasteiger partial charge in [-0.1, -0.05) is 18.2 Å². The molecule has 1 fully saturated rings. The van der Waals surface area contributed by atoms with Crippen molar-refractivity contribution >= 4 is 23.2 Å². The molecule has 0 radical (unpaired) electrons. The minimum atomic E-state index is -4.56. The first-order valence-electron chi connectivity index (χ1n) is 10.9. The van der Waals surface area contributed by atoms with Gasteiger partial charge in [-0.05, 0) is 66.6 Å². The highest BCUT2D eigenvalue weighted by atomic mass is 19.4. The summed E-state index contributed by atoms with van der Waals surface area (Å²) in [6.07, 6.45) is -4.32. The zero-order valence-corrected chi connectivity index (χ0v) is 18.7. The van der Waals surface area contributed by atoms with Crippen molar-refractivity contribution in [3.63, 3.8) is 0 Å². The summed E-state index contributed by atoms with van der Waals surface area (Å²) in [6.45, 7) is 0. The molecule has 4 rings (SSSR count). The predicted molar refractivity (Wildman–Crippen MR) is 122 cm³/mol. The molecule has 182 valence electrons. The van der Waals surface area contributed by atoms with E-state index in [0.29, 0.717) is 17.0 Å². The van der Waals surface area contributed by atoms with E-state index in [4.69, 9.17) is 4.74 Å². The Morgan fingerprint density at radius 1 is 1.03 bits per heavy atom. The molecule has 0 bridgehead atoms. The number of anilines is 2. The van der Waals surface area contributed by atoms with Gasteiger partial charge in [0, 0.05) is 17.8 Å². The van der Waals surface area contributed by atoms with E-state index in [9.17, 15) is 27.2 Å². The number of methoxy groups -OCH3 is 1. The summed E-state index contributed by atoms with van der Waals surface area (Å²) >= 11 is 0. The lowest BCUT2D eigenvalue weighted by Crippen LogP contribution is -2.47. The third-order valence-corrected chi connectivity index (χ3v) is 5.95. The van der Waals surface area contributed by atoms with Crippen LogP contribution in [0.1, 0.15) is 30.0 Å². The summed E-state index contributed by atoms with van der Waals surface area (Å²) in [5.41, 5.74) is 0.154. The molecule has 0 unspecified atom stereocenters. The summed E-state index contributed by atoms with van der Waals surface area (Å²) in [7, 11) is 1.51. The lowest BCUT2D eigenvalue weighted by molar-refractivity contribution is -0.137. The van der Waals surface area contributed by atoms with Gasteiger partial charge in [-0.3, -0.25) is 9.59 Å². The van der Waals surface area contributed by atoms with Crippen molar-refractivity contribution in [2.45, 2.75) is 25.1 Å². The molecule has 0 saturated carbocycles. The van der Waals surface area contributed by atoms with Crippen LogP contribution in [0.15, 0.2) is 72.8 Å². The topological polar surface area (TPSA) is 58.6 Å². The van der Waals surface area contributed by atoms with Crippen LogP contribution >= 0.6 is 0 Å². The number of benzene rings is 3. The van der Waals surface area contributed by atoms with Crippen LogP contribution in [-0.2, 0) is 15.8 Å². The lowest BCUT2D eigenvalue weighted by atomic mass is 9.83. The number of nitrogens with zero attached hydrogens (tertiary/aromatic N) is 1. The number of piperidine rings is 1. The van der Waals surface area contributed by atoms with Crippen LogP contribution in [0, 0.1) is 11.7 Å². The minimum Gasteiger partial charge on any atom is -0.497 e. The highest BCUT2D eigenvalue weighted by Crippen LogP contribution is 2.41. The van der Waals surface area contributed by atoms with Crippen LogP contribution in [0.25, 0.3) is 0 Å². The SMILES string of the molecule is COc1ccc(N2C(=O)CC[C@@H](C(=O)Nc3cccc(C(F)(F)F)c3)[C@@H]2c2ccc(F)cc2)cc1. The molecule has 0 aromatic heterocycles. The Morgan fingerprint density at radius 3 is 2.34 bits per heavy atom. The Bertz CT molecular complexity index is 1210. The van der Waals surface area contributed by atoms with Crippen molar-refractivity contribution in [3.05, 3.63) is 89.7 Å². The molecule has 3 aromatic rings. The average molecular weight is 486 g/mol. The second kappa shape index (κ2) is 9.77. The Balaban J connectivity index is 1.71. The zero-order chi connectivity index (χ0) is 25.2. The molecule has 1 aliphatic heterocycles. The van der Waals surface area contributed by atoms with Crippen LogP contribution in [0.2, 0.25) is 0 Å². The van der Waals surface area contributed by atoms with Crippen LogP contribution in [0.3, 0.4) is 0 Å². The van der Waals surface area contributed by atoms with E-state index in [1.807, 2.05) is 0 Å². The number of halogens is 4. The maximum absolute atomic E-state index is 13.6. The second-order valence-corrected chi connectivity index (χ2v) is 8.17. The van der Waals surface area contributed by atoms with Crippen molar-refractivity contribution in [2.75, 3.05) is 17.3 Å². The molecule has 0 spiro atoms. The van der Waals surface area contributed by atoms with E-state index in [1.165, 1.54) is 48.4 Å². The van der Waals surface area contributed by atoms with Crippen molar-refractivity contribution < 1.29 is 31.9 Å². The van der Waals surface area contributed by atoms with E-state index in [-0.39, 0.29) is 24.4 Å². The smallest absolute Gasteiger partial charge is 0.416 e. The number of carbonyl (C=O) groups is 2. The highest BCUT2D eigenvalue weighted by molar-refractivity contribution is 6.00. The van der Waals surface area contributed by atoms with Gasteiger partial charge in [0.05, 0.1) is 24.6 Å². The Hall–Kier alpha value is -3.88. The number of nitrogens with one attached hydrogen (secondary N) is 1. The summed E-state index contributed by atoms with van der Waals surface area (Å²) in [5, 5.41) is 2.57. The monoisotopic (exact) mass is 486 g/mol. The van der Waals surface area contributed by atoms with Gasteiger partial charge in [0.25, 0.3) is 0 Å². The minimum absolute atomic E-state index is 0.00409. The summed E-state index contributed by atoms with van der Waals surface area (Å²) in [4.78, 5) is 27.9. The fourth-order valence-electron chi connectivity index (χ4n) is 4.26. The quantitative estimate of drug-likeness (QED) is 0.452. The third kappa shape index (κ3) is 5.29. The van der Waals surface area contributed by atoms with Gasteiger partial charge in [0.1, 0.15) is 11.6 Å². The number of rotatable bonds is 5. The van der Waals surface area contributed by atoms with Gasteiger partial charge >= 0.3 is 6.18 Å². The van der Waals surface area contributed by atoms with E-state index >= 15 is 0 Å². The number of hydrogen-bond donors (Lipinski definition) is 1. The average Bonchev–Trinajstić information content (AvgIpc) is 2.84. The number of amides is 2. The number of hydrogen-bond acceptors (Lipinski definition) is 3. The van der Waals surface area contributed by atoms with Gasteiger partial charge in [0.15, 0.2) is 0 Å². The molecule has 0 aliphatic carbocycles. The number of ether oxygens (including phenoxy) is 1. The highest BCUT2D eigenvalue weighted by Gasteiger charge is 2.41.